The summed E-state index contributed by atoms with van der Waals surface area (Å²) < 4.78 is 16.7. The van der Waals surface area contributed by atoms with Crippen LogP contribution in [0, 0.1) is 0 Å². The van der Waals surface area contributed by atoms with Gasteiger partial charge in [-0.25, -0.2) is 0 Å². The lowest BCUT2D eigenvalue weighted by atomic mass is 9.71. The molecule has 1 aromatic rings. The summed E-state index contributed by atoms with van der Waals surface area (Å²) in [5, 5.41) is 63.9. The summed E-state index contributed by atoms with van der Waals surface area (Å²) in [4.78, 5) is 52.2. The van der Waals surface area contributed by atoms with Gasteiger partial charge in [0, 0.05) is 48.4 Å². The van der Waals surface area contributed by atoms with Gasteiger partial charge >= 0.3 is 0 Å². The molecule has 14 heteroatoms. The molecule has 1 saturated heterocycles. The highest BCUT2D eigenvalue weighted by molar-refractivity contribution is 6.32. The lowest BCUT2D eigenvalue weighted by Crippen LogP contribution is -2.53. The summed E-state index contributed by atoms with van der Waals surface area (Å²) in [5.41, 5.74) is 0.989. The van der Waals surface area contributed by atoms with Crippen molar-refractivity contribution in [2.24, 2.45) is 5.73 Å². The maximum Gasteiger partial charge on any atom is 0.205 e. The molecule has 5 rings (SSSR count). The summed E-state index contributed by atoms with van der Waals surface area (Å²) in [6.07, 6.45) is -6.29. The van der Waals surface area contributed by atoms with Crippen LogP contribution in [0.2, 0.25) is 0 Å². The summed E-state index contributed by atoms with van der Waals surface area (Å²) in [6.45, 7) is 0.469. The molecule has 220 valence electrons. The molecule has 0 amide bonds. The van der Waals surface area contributed by atoms with Crippen LogP contribution in [0.25, 0.3) is 0 Å². The van der Waals surface area contributed by atoms with Gasteiger partial charge in [0.25, 0.3) is 0 Å². The third-order valence-corrected chi connectivity index (χ3v) is 8.14. The van der Waals surface area contributed by atoms with Crippen LogP contribution in [0.3, 0.4) is 0 Å². The topological polar surface area (TPSA) is 243 Å². The van der Waals surface area contributed by atoms with Gasteiger partial charge in [0.1, 0.15) is 23.7 Å². The Morgan fingerprint density at radius 3 is 2.39 bits per heavy atom. The van der Waals surface area contributed by atoms with Gasteiger partial charge in [-0.1, -0.05) is 0 Å². The smallest absolute Gasteiger partial charge is 0.205 e. The first-order valence-corrected chi connectivity index (χ1v) is 12.8. The largest absolute Gasteiger partial charge is 0.507 e. The van der Waals surface area contributed by atoms with E-state index in [1.807, 2.05) is 0 Å². The molecule has 0 bridgehead atoms. The molecule has 8 N–H and O–H groups in total. The van der Waals surface area contributed by atoms with Crippen LogP contribution < -0.4 is 5.73 Å². The fourth-order valence-corrected chi connectivity index (χ4v) is 5.99. The highest BCUT2D eigenvalue weighted by Crippen LogP contribution is 2.53. The number of nitrogens with two attached hydrogens (primary N) is 1. The molecule has 0 saturated carbocycles. The van der Waals surface area contributed by atoms with Crippen LogP contribution in [0.5, 0.6) is 11.5 Å². The third-order valence-electron chi connectivity index (χ3n) is 8.14. The number of hydrogen-bond donors (Lipinski definition) is 7. The van der Waals surface area contributed by atoms with Gasteiger partial charge in [0.15, 0.2) is 23.6 Å². The second-order valence-electron chi connectivity index (χ2n) is 10.6. The van der Waals surface area contributed by atoms with Crippen molar-refractivity contribution < 1.29 is 64.0 Å². The average molecular weight is 576 g/mol. The molecule has 1 fully saturated rings. The number of fused-ring (bicyclic) bond motifs is 2. The summed E-state index contributed by atoms with van der Waals surface area (Å²) in [6, 6.07) is -0.777. The molecule has 41 heavy (non-hydrogen) atoms. The van der Waals surface area contributed by atoms with Gasteiger partial charge in [-0.05, 0) is 6.92 Å². The van der Waals surface area contributed by atoms with E-state index in [-0.39, 0.29) is 23.1 Å². The first-order valence-electron chi connectivity index (χ1n) is 12.8. The predicted octanol–water partition coefficient (Wildman–Crippen LogP) is -0.718. The second kappa shape index (κ2) is 10.0. The zero-order valence-electron chi connectivity index (χ0n) is 22.0. The fraction of sp³-hybridized carbons (Fsp3) is 0.481. The number of rotatable bonds is 5. The minimum atomic E-state index is -2.32. The minimum Gasteiger partial charge on any atom is -0.507 e. The molecule has 1 aromatic carbocycles. The number of aliphatic hydroxyl groups excluding tert-OH is 3. The SMILES string of the molecule is COC1=C(O)C(=O)CC2=C1C(=O)c1c(O)c3c(c(O)c1C2=O)C[C@@](O)(C(=O)CO)C[C@@H]3O[C@H]1C[C@H](N)[C@H](O)[C@H](C)O1. The minimum absolute atomic E-state index is 0.0373. The van der Waals surface area contributed by atoms with Crippen molar-refractivity contribution >= 4 is 23.1 Å². The Bertz CT molecular complexity index is 1450. The Morgan fingerprint density at radius 2 is 1.78 bits per heavy atom. The van der Waals surface area contributed by atoms with Crippen molar-refractivity contribution in [2.45, 2.75) is 68.9 Å². The van der Waals surface area contributed by atoms with E-state index in [0.29, 0.717) is 0 Å². The number of allylic oxidation sites excluding steroid dienone is 3. The van der Waals surface area contributed by atoms with Crippen LogP contribution in [0.1, 0.15) is 64.1 Å². The van der Waals surface area contributed by atoms with E-state index in [9.17, 15) is 49.8 Å². The molecular formula is C27H29NO13. The van der Waals surface area contributed by atoms with Crippen LogP contribution in [-0.4, -0.2) is 97.6 Å². The first-order chi connectivity index (χ1) is 19.2. The quantitative estimate of drug-likeness (QED) is 0.214. The molecule has 0 unspecified atom stereocenters. The number of methoxy groups -OCH3 is 1. The van der Waals surface area contributed by atoms with Gasteiger partial charge in [-0.3, -0.25) is 19.2 Å². The summed E-state index contributed by atoms with van der Waals surface area (Å²) in [5.74, 6) is -7.07. The second-order valence-corrected chi connectivity index (χ2v) is 10.6. The zero-order valence-corrected chi connectivity index (χ0v) is 22.0. The maximum absolute atomic E-state index is 13.7. The first kappa shape index (κ1) is 28.9. The van der Waals surface area contributed by atoms with Crippen molar-refractivity contribution in [3.8, 4) is 11.5 Å². The number of Topliss-reactive ketones (excluding diaryl/α,β-unsaturated/α-hetero) is 4. The van der Waals surface area contributed by atoms with Crippen LogP contribution in [0.15, 0.2) is 22.7 Å². The normalized spacial score (nSPS) is 31.6. The monoisotopic (exact) mass is 575 g/mol. The van der Waals surface area contributed by atoms with E-state index in [2.05, 4.69) is 0 Å². The zero-order chi connectivity index (χ0) is 30.1. The molecule has 6 atom stereocenters. The Balaban J connectivity index is 1.69. The Kier molecular flexibility index (Phi) is 7.04. The van der Waals surface area contributed by atoms with E-state index in [1.54, 1.807) is 6.92 Å². The number of aliphatic hydroxyl groups is 4. The number of ether oxygens (including phenoxy) is 3. The number of carbonyl (C=O) groups excluding carboxylic acids is 4. The molecule has 0 aromatic heterocycles. The number of ketones is 4. The number of carbonyl (C=O) groups is 4. The Labute approximate surface area is 232 Å². The summed E-state index contributed by atoms with van der Waals surface area (Å²) >= 11 is 0. The number of hydrogen-bond acceptors (Lipinski definition) is 14. The molecule has 4 aliphatic rings. The molecule has 14 nitrogen and oxygen atoms in total. The number of phenols is 2. The van der Waals surface area contributed by atoms with Crippen molar-refractivity contribution in [3.63, 3.8) is 0 Å². The maximum atomic E-state index is 13.7. The van der Waals surface area contributed by atoms with E-state index in [4.69, 9.17) is 19.9 Å². The van der Waals surface area contributed by atoms with Gasteiger partial charge in [0.05, 0.1) is 42.1 Å². The number of benzene rings is 1. The molecule has 1 aliphatic heterocycles. The molecule has 0 spiro atoms. The molecule has 1 heterocycles. The van der Waals surface area contributed by atoms with E-state index in [1.165, 1.54) is 0 Å². The highest BCUT2D eigenvalue weighted by atomic mass is 16.7. The predicted molar refractivity (Wildman–Crippen MR) is 134 cm³/mol. The Hall–Kier alpha value is -3.66. The van der Waals surface area contributed by atoms with Crippen molar-refractivity contribution in [2.75, 3.05) is 13.7 Å². The lowest BCUT2D eigenvalue weighted by molar-refractivity contribution is -0.247. The van der Waals surface area contributed by atoms with Crippen molar-refractivity contribution in [1.29, 1.82) is 0 Å². The van der Waals surface area contributed by atoms with Gasteiger partial charge in [-0.2, -0.15) is 0 Å². The average Bonchev–Trinajstić information content (AvgIpc) is 2.92. The third kappa shape index (κ3) is 4.26. The van der Waals surface area contributed by atoms with E-state index in [0.717, 1.165) is 7.11 Å². The lowest BCUT2D eigenvalue weighted by Gasteiger charge is -2.42. The number of aromatic hydroxyl groups is 2. The standard InChI is InChI=1S/C27H29NO13/c1-8-20(32)11(28)4-15(40-8)41-13-6-27(38,14(31)7-29)5-10-16(13)24(36)19-18(22(10)34)21(33)9-3-12(30)23(35)26(39-2)17(9)25(19)37/h8,11,13,15,20,29,32,34-36,38H,3-7,28H2,1-2H3/t8-,11-,13-,15-,20+,27-/m0/s1. The van der Waals surface area contributed by atoms with Gasteiger partial charge in [-0.15, -0.1) is 0 Å². The molecule has 3 aliphatic carbocycles. The number of phenolic OH excluding ortho intramolecular Hbond substituents is 2. The van der Waals surface area contributed by atoms with Gasteiger partial charge in [0.2, 0.25) is 17.3 Å². The van der Waals surface area contributed by atoms with Crippen LogP contribution >= 0.6 is 0 Å². The van der Waals surface area contributed by atoms with Crippen molar-refractivity contribution in [1.82, 2.24) is 0 Å². The van der Waals surface area contributed by atoms with Gasteiger partial charge < -0.3 is 50.6 Å². The fourth-order valence-electron chi connectivity index (χ4n) is 5.99. The molecular weight excluding hydrogens is 546 g/mol. The Morgan fingerprint density at radius 1 is 1.12 bits per heavy atom. The van der Waals surface area contributed by atoms with Crippen molar-refractivity contribution in [3.05, 3.63) is 44.9 Å². The highest BCUT2D eigenvalue weighted by Gasteiger charge is 2.51. The summed E-state index contributed by atoms with van der Waals surface area (Å²) in [7, 11) is 1.07. The molecule has 0 radical (unpaired) electrons. The van der Waals surface area contributed by atoms with Crippen LogP contribution in [-0.2, 0) is 30.2 Å². The van der Waals surface area contributed by atoms with Crippen LogP contribution in [0.4, 0.5) is 0 Å². The van der Waals surface area contributed by atoms with E-state index >= 15 is 0 Å². The van der Waals surface area contributed by atoms with E-state index < -0.39 is 125 Å².